The van der Waals surface area contributed by atoms with E-state index in [-0.39, 0.29) is 18.1 Å². The van der Waals surface area contributed by atoms with Gasteiger partial charge in [-0.1, -0.05) is 23.7 Å². The van der Waals surface area contributed by atoms with Crippen molar-refractivity contribution >= 4 is 23.5 Å². The molecule has 210 valence electrons. The number of benzene rings is 1. The first kappa shape index (κ1) is 26.9. The summed E-state index contributed by atoms with van der Waals surface area (Å²) in [6, 6.07) is 8.78. The lowest BCUT2D eigenvalue weighted by molar-refractivity contribution is -0.131. The van der Waals surface area contributed by atoms with Crippen molar-refractivity contribution < 1.29 is 13.9 Å². The van der Waals surface area contributed by atoms with Gasteiger partial charge in [0.05, 0.1) is 30.4 Å². The van der Waals surface area contributed by atoms with Gasteiger partial charge in [0.2, 0.25) is 11.9 Å². The predicted octanol–water partition coefficient (Wildman–Crippen LogP) is 5.65. The number of carbonyl (C=O) groups excluding carboxylic acids is 1. The zero-order chi connectivity index (χ0) is 27.5. The highest BCUT2D eigenvalue weighted by atomic mass is 35.5. The monoisotopic (exact) mass is 563 g/mol. The summed E-state index contributed by atoms with van der Waals surface area (Å²) < 4.78 is 20.8. The molecule has 1 spiro atoms. The topological polar surface area (TPSA) is 71.5 Å². The second-order valence-corrected chi connectivity index (χ2v) is 12.0. The van der Waals surface area contributed by atoms with Gasteiger partial charge in [-0.15, -0.1) is 0 Å². The number of pyridine rings is 1. The maximum atomic E-state index is 14.9. The Morgan fingerprint density at radius 3 is 2.73 bits per heavy atom. The summed E-state index contributed by atoms with van der Waals surface area (Å²) in [5.74, 6) is 1.46. The van der Waals surface area contributed by atoms with E-state index in [0.29, 0.717) is 47.4 Å². The van der Waals surface area contributed by atoms with Crippen LogP contribution in [0.4, 0.5) is 10.3 Å². The van der Waals surface area contributed by atoms with Crippen LogP contribution in [0.25, 0.3) is 0 Å². The summed E-state index contributed by atoms with van der Waals surface area (Å²) in [4.78, 5) is 30.0. The highest BCUT2D eigenvalue weighted by Gasteiger charge is 2.41. The van der Waals surface area contributed by atoms with E-state index in [1.54, 1.807) is 35.6 Å². The van der Waals surface area contributed by atoms with Crippen LogP contribution >= 0.6 is 11.6 Å². The molecule has 3 aliphatic rings. The van der Waals surface area contributed by atoms with E-state index in [9.17, 15) is 9.18 Å². The number of piperidine rings is 1. The van der Waals surface area contributed by atoms with Crippen molar-refractivity contribution in [2.45, 2.75) is 57.9 Å². The zero-order valence-electron chi connectivity index (χ0n) is 22.7. The number of rotatable bonds is 7. The molecule has 9 heteroatoms. The quantitative estimate of drug-likeness (QED) is 0.370. The SMILES string of the molecule is O=C(Cc1ccc(OCC[C@@H]2CCC3(CCN(c4ncc(Cl)cn4)CC3)C2)cc1F)N1CCc2ncccc2C1. The minimum absolute atomic E-state index is 0.0490. The highest BCUT2D eigenvalue weighted by Crippen LogP contribution is 2.50. The molecule has 0 bridgehead atoms. The Morgan fingerprint density at radius 2 is 1.93 bits per heavy atom. The number of anilines is 1. The van der Waals surface area contributed by atoms with Gasteiger partial charge in [0, 0.05) is 50.6 Å². The van der Waals surface area contributed by atoms with Crippen molar-refractivity contribution in [1.29, 1.82) is 0 Å². The van der Waals surface area contributed by atoms with Crippen LogP contribution in [0.3, 0.4) is 0 Å². The van der Waals surface area contributed by atoms with Gasteiger partial charge in [0.15, 0.2) is 0 Å². The summed E-state index contributed by atoms with van der Waals surface area (Å²) >= 11 is 5.93. The third-order valence-electron chi connectivity index (χ3n) is 9.00. The maximum Gasteiger partial charge on any atom is 0.227 e. The smallest absolute Gasteiger partial charge is 0.227 e. The molecular formula is C31H35ClFN5O2. The Kier molecular flexibility index (Phi) is 7.87. The van der Waals surface area contributed by atoms with Crippen LogP contribution in [0.1, 0.15) is 55.3 Å². The van der Waals surface area contributed by atoms with Crippen LogP contribution in [0.5, 0.6) is 5.75 Å². The first-order valence-electron chi connectivity index (χ1n) is 14.3. The first-order chi connectivity index (χ1) is 19.5. The van der Waals surface area contributed by atoms with E-state index in [1.807, 2.05) is 12.1 Å². The normalized spacial score (nSPS) is 20.0. The second-order valence-electron chi connectivity index (χ2n) is 11.5. The highest BCUT2D eigenvalue weighted by molar-refractivity contribution is 6.30. The number of aromatic nitrogens is 3. The van der Waals surface area contributed by atoms with Gasteiger partial charge < -0.3 is 14.5 Å². The molecule has 0 N–H and O–H groups in total. The summed E-state index contributed by atoms with van der Waals surface area (Å²) in [6.45, 7) is 3.67. The Labute approximate surface area is 239 Å². The average Bonchev–Trinajstić information content (AvgIpc) is 3.37. The number of hydrogen-bond acceptors (Lipinski definition) is 6. The van der Waals surface area contributed by atoms with E-state index >= 15 is 0 Å². The lowest BCUT2D eigenvalue weighted by atomic mass is 9.76. The van der Waals surface area contributed by atoms with Crippen molar-refractivity contribution in [3.8, 4) is 5.75 Å². The lowest BCUT2D eigenvalue weighted by Crippen LogP contribution is -2.39. The van der Waals surface area contributed by atoms with Crippen LogP contribution in [0.15, 0.2) is 48.9 Å². The van der Waals surface area contributed by atoms with Gasteiger partial charge in [-0.25, -0.2) is 14.4 Å². The standard InChI is InChI=1S/C31H35ClFN5O2/c32-25-19-35-30(36-20-25)37-13-9-31(10-14-37)8-5-22(18-31)7-15-40-26-4-3-23(27(33)17-26)16-29(39)38-12-6-28-24(21-38)2-1-11-34-28/h1-4,11,17,19-20,22H,5-10,12-16,18,21H2/t22-/m0/s1. The molecule has 1 aromatic carbocycles. The van der Waals surface area contributed by atoms with Gasteiger partial charge >= 0.3 is 0 Å². The van der Waals surface area contributed by atoms with Gasteiger partial charge in [-0.3, -0.25) is 9.78 Å². The Morgan fingerprint density at radius 1 is 1.10 bits per heavy atom. The van der Waals surface area contributed by atoms with E-state index in [1.165, 1.54) is 25.3 Å². The van der Waals surface area contributed by atoms with E-state index in [0.717, 1.165) is 56.0 Å². The number of hydrogen-bond donors (Lipinski definition) is 0. The molecule has 1 aliphatic carbocycles. The maximum absolute atomic E-state index is 14.9. The second kappa shape index (κ2) is 11.7. The number of fused-ring (bicyclic) bond motifs is 1. The van der Waals surface area contributed by atoms with E-state index in [2.05, 4.69) is 19.9 Å². The molecule has 1 amide bonds. The average molecular weight is 564 g/mol. The predicted molar refractivity (Wildman–Crippen MR) is 152 cm³/mol. The number of carbonyl (C=O) groups is 1. The molecule has 1 atom stereocenters. The molecular weight excluding hydrogens is 529 g/mol. The fourth-order valence-electron chi connectivity index (χ4n) is 6.64. The van der Waals surface area contributed by atoms with Gasteiger partial charge in [-0.2, -0.15) is 0 Å². The third-order valence-corrected chi connectivity index (χ3v) is 9.19. The molecule has 7 nitrogen and oxygen atoms in total. The molecule has 6 rings (SSSR count). The number of amides is 1. The first-order valence-corrected chi connectivity index (χ1v) is 14.7. The molecule has 40 heavy (non-hydrogen) atoms. The number of ether oxygens (including phenoxy) is 1. The third kappa shape index (κ3) is 6.07. The zero-order valence-corrected chi connectivity index (χ0v) is 23.5. The minimum atomic E-state index is -0.388. The Hall–Kier alpha value is -3.26. The molecule has 0 unspecified atom stereocenters. The van der Waals surface area contributed by atoms with Crippen molar-refractivity contribution in [3.63, 3.8) is 0 Å². The van der Waals surface area contributed by atoms with Crippen molar-refractivity contribution in [2.24, 2.45) is 11.3 Å². The molecule has 4 heterocycles. The summed E-state index contributed by atoms with van der Waals surface area (Å²) in [7, 11) is 0. The van der Waals surface area contributed by atoms with E-state index in [4.69, 9.17) is 16.3 Å². The van der Waals surface area contributed by atoms with Crippen LogP contribution in [-0.4, -0.2) is 52.0 Å². The molecule has 0 radical (unpaired) electrons. The largest absolute Gasteiger partial charge is 0.493 e. The molecule has 1 saturated carbocycles. The van der Waals surface area contributed by atoms with Crippen LogP contribution < -0.4 is 9.64 Å². The van der Waals surface area contributed by atoms with Crippen molar-refractivity contribution in [2.75, 3.05) is 31.1 Å². The molecule has 2 aromatic heterocycles. The van der Waals surface area contributed by atoms with Gasteiger partial charge in [0.25, 0.3) is 0 Å². The lowest BCUT2D eigenvalue weighted by Gasteiger charge is -2.39. The molecule has 1 saturated heterocycles. The molecule has 3 aromatic rings. The van der Waals surface area contributed by atoms with Crippen LogP contribution in [-0.2, 0) is 24.2 Å². The Bertz CT molecular complexity index is 1350. The van der Waals surface area contributed by atoms with E-state index < -0.39 is 0 Å². The number of halogens is 2. The molecule has 2 fully saturated rings. The van der Waals surface area contributed by atoms with Crippen molar-refractivity contribution in [1.82, 2.24) is 19.9 Å². The van der Waals surface area contributed by atoms with Crippen LogP contribution in [0.2, 0.25) is 5.02 Å². The van der Waals surface area contributed by atoms with Crippen LogP contribution in [0, 0.1) is 17.2 Å². The Balaban J connectivity index is 0.946. The summed E-state index contributed by atoms with van der Waals surface area (Å²) in [5.41, 5.74) is 2.92. The summed E-state index contributed by atoms with van der Waals surface area (Å²) in [5, 5.41) is 0.560. The fraction of sp³-hybridized carbons (Fsp3) is 0.484. The fourth-order valence-corrected chi connectivity index (χ4v) is 6.73. The number of nitrogens with zero attached hydrogens (tertiary/aromatic N) is 5. The van der Waals surface area contributed by atoms with Gasteiger partial charge in [0.1, 0.15) is 11.6 Å². The summed E-state index contributed by atoms with van der Waals surface area (Å²) in [6.07, 6.45) is 12.9. The minimum Gasteiger partial charge on any atom is -0.493 e. The van der Waals surface area contributed by atoms with Gasteiger partial charge in [-0.05, 0) is 73.1 Å². The van der Waals surface area contributed by atoms with Crippen molar-refractivity contribution in [3.05, 3.63) is 76.6 Å². The molecule has 2 aliphatic heterocycles.